The maximum Gasteiger partial charge on any atom is 0.167 e. The highest BCUT2D eigenvalue weighted by Crippen LogP contribution is 2.54. The molecule has 3 aromatic heterocycles. The number of hydrogen-bond donors (Lipinski definition) is 0. The Morgan fingerprint density at radius 3 is 2.00 bits per heavy atom. The first-order chi connectivity index (χ1) is 28.3. The molecule has 0 fully saturated rings. The van der Waals surface area contributed by atoms with Crippen molar-refractivity contribution in [3.8, 4) is 45.3 Å². The van der Waals surface area contributed by atoms with Gasteiger partial charge in [-0.25, -0.2) is 15.0 Å². The number of anilines is 2. The zero-order valence-electron chi connectivity index (χ0n) is 30.6. The van der Waals surface area contributed by atoms with E-state index < -0.39 is 0 Å². The van der Waals surface area contributed by atoms with Gasteiger partial charge in [0, 0.05) is 59.5 Å². The highest BCUT2D eigenvalue weighted by Gasteiger charge is 2.43. The lowest BCUT2D eigenvalue weighted by Crippen LogP contribution is -2.30. The molecule has 57 heavy (non-hydrogen) atoms. The van der Waals surface area contributed by atoms with Gasteiger partial charge in [-0.15, -0.1) is 11.3 Å². The lowest BCUT2D eigenvalue weighted by molar-refractivity contribution is 0.584. The van der Waals surface area contributed by atoms with E-state index in [2.05, 4.69) is 181 Å². The van der Waals surface area contributed by atoms with Crippen LogP contribution < -0.4 is 4.90 Å². The first-order valence-corrected chi connectivity index (χ1v) is 20.1. The van der Waals surface area contributed by atoms with Gasteiger partial charge in [-0.3, -0.25) is 0 Å². The summed E-state index contributed by atoms with van der Waals surface area (Å²) >= 11 is 1.79. The van der Waals surface area contributed by atoms with Crippen LogP contribution in [-0.4, -0.2) is 21.0 Å². The molecular formula is C51H32N4OS. The number of aromatic nitrogens is 3. The van der Waals surface area contributed by atoms with Crippen LogP contribution in [0.2, 0.25) is 0 Å². The molecule has 0 saturated heterocycles. The van der Waals surface area contributed by atoms with Gasteiger partial charge in [0.1, 0.15) is 11.3 Å². The molecule has 0 saturated carbocycles. The Morgan fingerprint density at radius 2 is 1.14 bits per heavy atom. The summed E-state index contributed by atoms with van der Waals surface area (Å²) in [5.41, 5.74) is 10.7. The van der Waals surface area contributed by atoms with Gasteiger partial charge in [-0.2, -0.15) is 0 Å². The first-order valence-electron chi connectivity index (χ1n) is 19.3. The normalized spacial score (nSPS) is 15.6. The molecule has 1 aliphatic heterocycles. The SMILES string of the molecule is C1=CC2C(c3ccccc3N2c2ccccc2)c2c1oc1c(-c3nc(-c4ccc(-c5ccccc5)cc4)nc(-c4cccc5sc6ccccc6c45)n3)cccc21. The van der Waals surface area contributed by atoms with Crippen LogP contribution in [0.1, 0.15) is 22.8 Å². The van der Waals surface area contributed by atoms with Crippen LogP contribution >= 0.6 is 11.3 Å². The van der Waals surface area contributed by atoms with Crippen molar-refractivity contribution in [2.24, 2.45) is 0 Å². The second kappa shape index (κ2) is 12.7. The molecule has 6 heteroatoms. The van der Waals surface area contributed by atoms with E-state index in [0.717, 1.165) is 44.4 Å². The van der Waals surface area contributed by atoms with E-state index >= 15 is 0 Å². The average molecular weight is 749 g/mol. The van der Waals surface area contributed by atoms with Crippen molar-refractivity contribution in [1.29, 1.82) is 0 Å². The smallest absolute Gasteiger partial charge is 0.167 e. The fraction of sp³-hybridized carbons (Fsp3) is 0.0392. The van der Waals surface area contributed by atoms with Gasteiger partial charge < -0.3 is 9.32 Å². The lowest BCUT2D eigenvalue weighted by Gasteiger charge is -2.30. The predicted octanol–water partition coefficient (Wildman–Crippen LogP) is 13.3. The Morgan fingerprint density at radius 1 is 0.509 bits per heavy atom. The van der Waals surface area contributed by atoms with E-state index in [1.165, 1.54) is 42.9 Å². The minimum atomic E-state index is 0.0926. The monoisotopic (exact) mass is 748 g/mol. The molecule has 12 rings (SSSR count). The first kappa shape index (κ1) is 32.1. The summed E-state index contributed by atoms with van der Waals surface area (Å²) < 4.78 is 9.35. The topological polar surface area (TPSA) is 55.1 Å². The lowest BCUT2D eigenvalue weighted by atomic mass is 9.82. The van der Waals surface area contributed by atoms with Crippen LogP contribution in [0, 0.1) is 0 Å². The molecule has 1 aliphatic carbocycles. The maximum atomic E-state index is 6.91. The zero-order valence-corrected chi connectivity index (χ0v) is 31.4. The summed E-state index contributed by atoms with van der Waals surface area (Å²) in [6.45, 7) is 0. The quantitative estimate of drug-likeness (QED) is 0.175. The van der Waals surface area contributed by atoms with E-state index in [1.54, 1.807) is 11.3 Å². The van der Waals surface area contributed by atoms with Crippen LogP contribution in [0.3, 0.4) is 0 Å². The van der Waals surface area contributed by atoms with Gasteiger partial charge in [0.05, 0.1) is 11.6 Å². The van der Waals surface area contributed by atoms with Crippen LogP contribution in [0.5, 0.6) is 0 Å². The second-order valence-electron chi connectivity index (χ2n) is 14.7. The van der Waals surface area contributed by atoms with E-state index in [4.69, 9.17) is 19.4 Å². The zero-order chi connectivity index (χ0) is 37.5. The maximum absolute atomic E-state index is 6.91. The number of hydrogen-bond acceptors (Lipinski definition) is 6. The van der Waals surface area contributed by atoms with Crippen molar-refractivity contribution >= 4 is 59.9 Å². The molecule has 0 radical (unpaired) electrons. The summed E-state index contributed by atoms with van der Waals surface area (Å²) in [7, 11) is 0. The summed E-state index contributed by atoms with van der Waals surface area (Å²) in [5.74, 6) is 2.79. The molecule has 5 nitrogen and oxygen atoms in total. The van der Waals surface area contributed by atoms with Gasteiger partial charge >= 0.3 is 0 Å². The number of para-hydroxylation sites is 3. The van der Waals surface area contributed by atoms with Crippen LogP contribution in [0.4, 0.5) is 11.4 Å². The largest absolute Gasteiger partial charge is 0.456 e. The van der Waals surface area contributed by atoms with Crippen molar-refractivity contribution in [1.82, 2.24) is 15.0 Å². The molecule has 2 atom stereocenters. The van der Waals surface area contributed by atoms with Gasteiger partial charge in [-0.05, 0) is 59.2 Å². The number of fused-ring (bicyclic) bond motifs is 10. The van der Waals surface area contributed by atoms with Gasteiger partial charge in [0.15, 0.2) is 17.5 Å². The Hall–Kier alpha value is -7.15. The minimum absolute atomic E-state index is 0.0926. The number of benzene rings is 7. The van der Waals surface area contributed by atoms with Crippen molar-refractivity contribution in [3.63, 3.8) is 0 Å². The number of nitrogens with zero attached hydrogens (tertiary/aromatic N) is 4. The van der Waals surface area contributed by atoms with Crippen molar-refractivity contribution < 1.29 is 4.42 Å². The standard InChI is InChI=1S/C51H32N4OS/c1-3-13-31(14-4-1)32-25-27-33(28-26-32)49-52-50(38-20-12-24-44-45(38)36-18-8-10-23-43(36)57-44)54-51(53-49)39-21-11-19-37-47-42(56-48(37)39)30-29-41-46(47)35-17-7-9-22-40(35)55(41)34-15-5-2-6-16-34/h1-30,41,46H. The van der Waals surface area contributed by atoms with E-state index in [-0.39, 0.29) is 12.0 Å². The second-order valence-corrected chi connectivity index (χ2v) is 15.8. The Labute approximate surface area is 332 Å². The highest BCUT2D eigenvalue weighted by molar-refractivity contribution is 7.25. The van der Waals surface area contributed by atoms with Crippen LogP contribution in [0.15, 0.2) is 180 Å². The third-order valence-corrected chi connectivity index (χ3v) is 12.6. The molecule has 2 unspecified atom stereocenters. The summed E-state index contributed by atoms with van der Waals surface area (Å²) in [6.07, 6.45) is 4.45. The Balaban J connectivity index is 1.05. The van der Waals surface area contributed by atoms with Crippen molar-refractivity contribution in [2.45, 2.75) is 12.0 Å². The Kier molecular flexibility index (Phi) is 7.16. The van der Waals surface area contributed by atoms with Gasteiger partial charge in [0.25, 0.3) is 0 Å². The van der Waals surface area contributed by atoms with Crippen molar-refractivity contribution in [2.75, 3.05) is 4.90 Å². The fourth-order valence-electron chi connectivity index (χ4n) is 9.00. The molecule has 4 heterocycles. The van der Waals surface area contributed by atoms with Gasteiger partial charge in [-0.1, -0.05) is 140 Å². The van der Waals surface area contributed by atoms with Crippen LogP contribution in [-0.2, 0) is 0 Å². The van der Waals surface area contributed by atoms with Gasteiger partial charge in [0.2, 0.25) is 0 Å². The number of thiophene rings is 1. The molecule has 0 bridgehead atoms. The van der Waals surface area contributed by atoms with E-state index in [0.29, 0.717) is 17.5 Å². The van der Waals surface area contributed by atoms with E-state index in [9.17, 15) is 0 Å². The van der Waals surface area contributed by atoms with Crippen LogP contribution in [0.25, 0.3) is 82.5 Å². The predicted molar refractivity (Wildman–Crippen MR) is 234 cm³/mol. The third-order valence-electron chi connectivity index (χ3n) is 11.5. The molecule has 268 valence electrons. The van der Waals surface area contributed by atoms with Crippen molar-refractivity contribution in [3.05, 3.63) is 193 Å². The number of rotatable bonds is 5. The summed E-state index contributed by atoms with van der Waals surface area (Å²) in [6, 6.07) is 59.9. The summed E-state index contributed by atoms with van der Waals surface area (Å²) in [5, 5.41) is 3.44. The molecule has 0 spiro atoms. The van der Waals surface area contributed by atoms with E-state index in [1.807, 2.05) is 6.07 Å². The molecule has 0 N–H and O–H groups in total. The molecule has 2 aliphatic rings. The fourth-order valence-corrected chi connectivity index (χ4v) is 10.1. The Bertz CT molecular complexity index is 3200. The minimum Gasteiger partial charge on any atom is -0.456 e. The molecular weight excluding hydrogens is 717 g/mol. The molecule has 7 aromatic carbocycles. The molecule has 0 amide bonds. The number of furan rings is 1. The summed E-state index contributed by atoms with van der Waals surface area (Å²) in [4.78, 5) is 18.2. The highest BCUT2D eigenvalue weighted by atomic mass is 32.1. The third kappa shape index (κ3) is 5.04. The average Bonchev–Trinajstić information content (AvgIpc) is 3.96. The molecule has 10 aromatic rings.